The molecule has 120 valence electrons. The minimum absolute atomic E-state index is 0.0656. The van der Waals surface area contributed by atoms with Gasteiger partial charge in [0.1, 0.15) is 0 Å². The van der Waals surface area contributed by atoms with Crippen molar-refractivity contribution in [2.75, 3.05) is 18.8 Å². The second kappa shape index (κ2) is 6.89. The van der Waals surface area contributed by atoms with Crippen LogP contribution in [-0.2, 0) is 16.6 Å². The van der Waals surface area contributed by atoms with Crippen LogP contribution in [0.3, 0.4) is 0 Å². The summed E-state index contributed by atoms with van der Waals surface area (Å²) in [5.74, 6) is 0.0656. The molecule has 2 heterocycles. The van der Waals surface area contributed by atoms with Crippen LogP contribution in [0.25, 0.3) is 0 Å². The van der Waals surface area contributed by atoms with Crippen molar-refractivity contribution < 1.29 is 8.42 Å². The van der Waals surface area contributed by atoms with Gasteiger partial charge in [-0.25, -0.2) is 13.6 Å². The van der Waals surface area contributed by atoms with Gasteiger partial charge < -0.3 is 0 Å². The second-order valence-electron chi connectivity index (χ2n) is 6.02. The van der Waals surface area contributed by atoms with Crippen LogP contribution in [0.15, 0.2) is 6.07 Å². The van der Waals surface area contributed by atoms with Crippen LogP contribution < -0.4 is 5.14 Å². The fourth-order valence-corrected chi connectivity index (χ4v) is 3.62. The summed E-state index contributed by atoms with van der Waals surface area (Å²) in [4.78, 5) is 2.39. The predicted molar refractivity (Wildman–Crippen MR) is 83.5 cm³/mol. The lowest BCUT2D eigenvalue weighted by Gasteiger charge is -2.35. The summed E-state index contributed by atoms with van der Waals surface area (Å²) >= 11 is 0. The van der Waals surface area contributed by atoms with Gasteiger partial charge in [-0.2, -0.15) is 5.10 Å². The van der Waals surface area contributed by atoms with Gasteiger partial charge in [0.25, 0.3) is 0 Å². The number of aryl methyl sites for hydroxylation is 2. The maximum absolute atomic E-state index is 11.0. The van der Waals surface area contributed by atoms with Gasteiger partial charge in [-0.15, -0.1) is 0 Å². The van der Waals surface area contributed by atoms with E-state index in [-0.39, 0.29) is 5.75 Å². The number of primary sulfonamides is 1. The molecule has 0 unspecified atom stereocenters. The molecule has 1 saturated heterocycles. The number of nitrogens with zero attached hydrogens (tertiary/aromatic N) is 3. The highest BCUT2D eigenvalue weighted by molar-refractivity contribution is 7.89. The van der Waals surface area contributed by atoms with Crippen molar-refractivity contribution in [2.24, 2.45) is 5.14 Å². The van der Waals surface area contributed by atoms with E-state index in [1.807, 2.05) is 6.92 Å². The average Bonchev–Trinajstić information content (AvgIpc) is 2.68. The van der Waals surface area contributed by atoms with Crippen LogP contribution in [0.5, 0.6) is 0 Å². The van der Waals surface area contributed by atoms with Crippen LogP contribution in [0, 0.1) is 13.8 Å². The number of piperidine rings is 1. The van der Waals surface area contributed by atoms with E-state index in [9.17, 15) is 8.42 Å². The fraction of sp³-hybridized carbons (Fsp3) is 0.786. The lowest BCUT2D eigenvalue weighted by Crippen LogP contribution is -2.43. The van der Waals surface area contributed by atoms with E-state index in [2.05, 4.69) is 27.7 Å². The Hall–Kier alpha value is -0.920. The van der Waals surface area contributed by atoms with Gasteiger partial charge in [-0.1, -0.05) is 6.42 Å². The predicted octanol–water partition coefficient (Wildman–Crippen LogP) is 1.03. The zero-order valence-electron chi connectivity index (χ0n) is 13.0. The van der Waals surface area contributed by atoms with Gasteiger partial charge in [0.05, 0.1) is 18.0 Å². The summed E-state index contributed by atoms with van der Waals surface area (Å²) in [5.41, 5.74) is 2.23. The third-order valence-electron chi connectivity index (χ3n) is 4.11. The molecule has 1 aliphatic rings. The summed E-state index contributed by atoms with van der Waals surface area (Å²) in [5, 5.41) is 9.60. The molecule has 2 rings (SSSR count). The average molecular weight is 314 g/mol. The van der Waals surface area contributed by atoms with Gasteiger partial charge in [-0.05, 0) is 52.3 Å². The number of rotatable bonds is 6. The Kier molecular flexibility index (Phi) is 5.40. The first-order valence-corrected chi connectivity index (χ1v) is 9.32. The molecule has 1 aliphatic heterocycles. The minimum Gasteiger partial charge on any atom is -0.299 e. The number of sulfonamides is 1. The monoisotopic (exact) mass is 314 g/mol. The first kappa shape index (κ1) is 16.5. The van der Waals surface area contributed by atoms with Crippen molar-refractivity contribution in [1.29, 1.82) is 0 Å². The third kappa shape index (κ3) is 5.09. The Morgan fingerprint density at radius 1 is 1.38 bits per heavy atom. The Balaban J connectivity index is 1.94. The number of likely N-dealkylation sites (tertiary alicyclic amines) is 1. The van der Waals surface area contributed by atoms with Gasteiger partial charge in [-0.3, -0.25) is 9.58 Å². The Bertz CT molecular complexity index is 568. The molecule has 0 radical (unpaired) electrons. The molecule has 2 N–H and O–H groups in total. The van der Waals surface area contributed by atoms with Crippen molar-refractivity contribution >= 4 is 10.0 Å². The summed E-state index contributed by atoms with van der Waals surface area (Å²) in [6, 6.07) is 2.53. The summed E-state index contributed by atoms with van der Waals surface area (Å²) in [6.07, 6.45) is 4.17. The molecule has 7 heteroatoms. The number of aromatic nitrogens is 2. The van der Waals surface area contributed by atoms with Crippen LogP contribution in [0.1, 0.15) is 37.1 Å². The number of nitrogens with two attached hydrogens (primary N) is 1. The van der Waals surface area contributed by atoms with Gasteiger partial charge >= 0.3 is 0 Å². The van der Waals surface area contributed by atoms with Crippen molar-refractivity contribution in [3.05, 3.63) is 17.5 Å². The van der Waals surface area contributed by atoms with Crippen LogP contribution in [0.4, 0.5) is 0 Å². The molecule has 1 aromatic heterocycles. The lowest BCUT2D eigenvalue weighted by atomic mass is 10.0. The quantitative estimate of drug-likeness (QED) is 0.850. The zero-order chi connectivity index (χ0) is 15.5. The fourth-order valence-electron chi connectivity index (χ4n) is 3.09. The molecule has 6 nitrogen and oxygen atoms in total. The summed E-state index contributed by atoms with van der Waals surface area (Å²) < 4.78 is 24.1. The second-order valence-corrected chi connectivity index (χ2v) is 7.75. The molecule has 21 heavy (non-hydrogen) atoms. The van der Waals surface area contributed by atoms with E-state index in [1.54, 1.807) is 0 Å². The van der Waals surface area contributed by atoms with Crippen molar-refractivity contribution in [2.45, 2.75) is 52.1 Å². The lowest BCUT2D eigenvalue weighted by molar-refractivity contribution is 0.129. The Labute approximate surface area is 127 Å². The molecule has 0 saturated carbocycles. The first-order valence-electron chi connectivity index (χ1n) is 7.61. The molecule has 1 aromatic rings. The summed E-state index contributed by atoms with van der Waals surface area (Å²) in [7, 11) is -3.35. The Morgan fingerprint density at radius 3 is 2.76 bits per heavy atom. The molecule has 1 atom stereocenters. The summed E-state index contributed by atoms with van der Waals surface area (Å²) in [6.45, 7) is 6.80. The number of hydrogen-bond acceptors (Lipinski definition) is 4. The van der Waals surface area contributed by atoms with E-state index in [4.69, 9.17) is 5.14 Å². The molecule has 1 fully saturated rings. The molecular weight excluding hydrogens is 288 g/mol. The largest absolute Gasteiger partial charge is 0.299 e. The van der Waals surface area contributed by atoms with Gasteiger partial charge in [0.2, 0.25) is 10.0 Å². The van der Waals surface area contributed by atoms with Crippen molar-refractivity contribution in [3.63, 3.8) is 0 Å². The molecular formula is C14H26N4O2S. The van der Waals surface area contributed by atoms with E-state index >= 15 is 0 Å². The van der Waals surface area contributed by atoms with Crippen molar-refractivity contribution in [3.8, 4) is 0 Å². The van der Waals surface area contributed by atoms with E-state index < -0.39 is 10.0 Å². The standard InChI is InChI=1S/C14H26N4O2S/c1-12-10-13(2)18(16-12)11-14-6-3-4-7-17(14)8-5-9-21(15,19)20/h10,14H,3-9,11H2,1-2H3,(H2,15,19,20)/t14-/m0/s1. The van der Waals surface area contributed by atoms with E-state index in [0.717, 1.165) is 31.7 Å². The molecule has 0 bridgehead atoms. The normalized spacial score (nSPS) is 20.8. The van der Waals surface area contributed by atoms with Gasteiger partial charge in [0.15, 0.2) is 0 Å². The minimum atomic E-state index is -3.35. The first-order chi connectivity index (χ1) is 9.85. The van der Waals surface area contributed by atoms with E-state index in [1.165, 1.54) is 18.5 Å². The zero-order valence-corrected chi connectivity index (χ0v) is 13.8. The highest BCUT2D eigenvalue weighted by Crippen LogP contribution is 2.19. The van der Waals surface area contributed by atoms with E-state index in [0.29, 0.717) is 12.5 Å². The van der Waals surface area contributed by atoms with Crippen molar-refractivity contribution in [1.82, 2.24) is 14.7 Å². The topological polar surface area (TPSA) is 81.2 Å². The molecule has 0 aromatic carbocycles. The highest BCUT2D eigenvalue weighted by Gasteiger charge is 2.23. The van der Waals surface area contributed by atoms with Crippen LogP contribution in [-0.4, -0.2) is 48.0 Å². The molecule has 0 aliphatic carbocycles. The van der Waals surface area contributed by atoms with Crippen LogP contribution in [0.2, 0.25) is 0 Å². The number of hydrogen-bond donors (Lipinski definition) is 1. The van der Waals surface area contributed by atoms with Gasteiger partial charge in [0, 0.05) is 11.7 Å². The maximum Gasteiger partial charge on any atom is 0.209 e. The SMILES string of the molecule is Cc1cc(C)n(C[C@@H]2CCCCN2CCCS(N)(=O)=O)n1. The highest BCUT2D eigenvalue weighted by atomic mass is 32.2. The molecule has 0 spiro atoms. The smallest absolute Gasteiger partial charge is 0.209 e. The third-order valence-corrected chi connectivity index (χ3v) is 4.97. The maximum atomic E-state index is 11.0. The van der Waals surface area contributed by atoms with Crippen LogP contribution >= 0.6 is 0 Å². The Morgan fingerprint density at radius 2 is 2.14 bits per heavy atom. The molecule has 0 amide bonds.